The van der Waals surface area contributed by atoms with Crippen LogP contribution in [0.15, 0.2) is 47.4 Å². The van der Waals surface area contributed by atoms with E-state index >= 15 is 0 Å². The molecule has 0 unspecified atom stereocenters. The second kappa shape index (κ2) is 9.69. The van der Waals surface area contributed by atoms with E-state index in [1.807, 2.05) is 6.92 Å². The van der Waals surface area contributed by atoms with Crippen molar-refractivity contribution in [1.29, 1.82) is 0 Å². The third-order valence-electron chi connectivity index (χ3n) is 5.49. The number of nitrogens with one attached hydrogen (secondary N) is 1. The summed E-state index contributed by atoms with van der Waals surface area (Å²) >= 11 is 12.1. The summed E-state index contributed by atoms with van der Waals surface area (Å²) in [5.74, 6) is -0.611. The lowest BCUT2D eigenvalue weighted by Crippen LogP contribution is -2.43. The van der Waals surface area contributed by atoms with E-state index in [0.29, 0.717) is 28.5 Å². The number of Topliss-reactive ketones (excluding diaryl/α,β-unsaturated/α-hetero) is 1. The highest BCUT2D eigenvalue weighted by atomic mass is 35.5. The van der Waals surface area contributed by atoms with E-state index in [0.717, 1.165) is 5.56 Å². The van der Waals surface area contributed by atoms with Crippen LogP contribution in [0.25, 0.3) is 0 Å². The number of hydrogen-bond acceptors (Lipinski definition) is 4. The normalized spacial score (nSPS) is 16.6. The molecule has 0 saturated carbocycles. The molecule has 1 atom stereocenters. The maximum Gasteiger partial charge on any atom is 0.243 e. The largest absolute Gasteiger partial charge is 0.349 e. The summed E-state index contributed by atoms with van der Waals surface area (Å²) in [5, 5.41) is 3.96. The smallest absolute Gasteiger partial charge is 0.243 e. The molecular formula is C22H24Cl2N2O4S. The standard InChI is InChI=1S/C22H24Cl2N2O4S/c1-14(20-7-6-18(23)13-21(20)24)25-22(28)16-8-10-26(11-9-16)31(29,30)19-5-3-4-17(12-19)15(2)27/h3-7,12-14,16H,8-11H2,1-2H3,(H,25,28)/t14-/m1/s1. The number of carbonyl (C=O) groups excluding carboxylic acids is 2. The van der Waals surface area contributed by atoms with E-state index in [4.69, 9.17) is 23.2 Å². The summed E-state index contributed by atoms with van der Waals surface area (Å²) < 4.78 is 27.3. The Balaban J connectivity index is 1.62. The zero-order chi connectivity index (χ0) is 22.8. The molecule has 2 aromatic carbocycles. The quantitative estimate of drug-likeness (QED) is 0.615. The molecule has 1 aliphatic heterocycles. The molecule has 0 aliphatic carbocycles. The van der Waals surface area contributed by atoms with Gasteiger partial charge in [0.05, 0.1) is 10.9 Å². The molecule has 166 valence electrons. The summed E-state index contributed by atoms with van der Waals surface area (Å²) in [7, 11) is -3.72. The SMILES string of the molecule is CC(=O)c1cccc(S(=O)(=O)N2CCC(C(=O)N[C@H](C)c3ccc(Cl)cc3Cl)CC2)c1. The van der Waals surface area contributed by atoms with Crippen molar-refractivity contribution in [3.63, 3.8) is 0 Å². The number of halogens is 2. The Morgan fingerprint density at radius 1 is 1.10 bits per heavy atom. The summed E-state index contributed by atoms with van der Waals surface area (Å²) in [6, 6.07) is 10.9. The van der Waals surface area contributed by atoms with E-state index in [2.05, 4.69) is 5.32 Å². The highest BCUT2D eigenvalue weighted by molar-refractivity contribution is 7.89. The number of hydrogen-bond donors (Lipinski definition) is 1. The second-order valence-electron chi connectivity index (χ2n) is 7.66. The van der Waals surface area contributed by atoms with E-state index < -0.39 is 10.0 Å². The first-order valence-corrected chi connectivity index (χ1v) is 12.2. The maximum atomic E-state index is 13.0. The molecule has 31 heavy (non-hydrogen) atoms. The average Bonchev–Trinajstić information content (AvgIpc) is 2.73. The van der Waals surface area contributed by atoms with Crippen LogP contribution in [-0.4, -0.2) is 37.5 Å². The molecule has 1 heterocycles. The second-order valence-corrected chi connectivity index (χ2v) is 10.4. The van der Waals surface area contributed by atoms with Crippen molar-refractivity contribution in [1.82, 2.24) is 9.62 Å². The lowest BCUT2D eigenvalue weighted by Gasteiger charge is -2.31. The van der Waals surface area contributed by atoms with Crippen LogP contribution < -0.4 is 5.32 Å². The van der Waals surface area contributed by atoms with Gasteiger partial charge in [0.15, 0.2) is 5.78 Å². The molecule has 9 heteroatoms. The molecule has 6 nitrogen and oxygen atoms in total. The molecule has 0 radical (unpaired) electrons. The number of benzene rings is 2. The predicted octanol–water partition coefficient (Wildman–Crippen LogP) is 4.47. The van der Waals surface area contributed by atoms with Gasteiger partial charge in [0.2, 0.25) is 15.9 Å². The van der Waals surface area contributed by atoms with E-state index in [9.17, 15) is 18.0 Å². The molecule has 1 saturated heterocycles. The molecule has 0 aromatic heterocycles. The first kappa shape index (κ1) is 23.7. The summed E-state index contributed by atoms with van der Waals surface area (Å²) in [6.45, 7) is 3.71. The van der Waals surface area contributed by atoms with Gasteiger partial charge in [-0.3, -0.25) is 9.59 Å². The molecule has 1 aliphatic rings. The third kappa shape index (κ3) is 5.47. The van der Waals surface area contributed by atoms with Crippen molar-refractivity contribution < 1.29 is 18.0 Å². The average molecular weight is 483 g/mol. The minimum Gasteiger partial charge on any atom is -0.349 e. The van der Waals surface area contributed by atoms with Crippen molar-refractivity contribution in [2.75, 3.05) is 13.1 Å². The number of piperidine rings is 1. The Kier molecular flexibility index (Phi) is 7.42. The first-order valence-electron chi connectivity index (χ1n) is 9.96. The van der Waals surface area contributed by atoms with Gasteiger partial charge >= 0.3 is 0 Å². The number of sulfonamides is 1. The molecule has 1 fully saturated rings. The fraction of sp³-hybridized carbons (Fsp3) is 0.364. The highest BCUT2D eigenvalue weighted by Gasteiger charge is 2.32. The van der Waals surface area contributed by atoms with Gasteiger partial charge < -0.3 is 5.32 Å². The molecule has 1 amide bonds. The molecular weight excluding hydrogens is 459 g/mol. The van der Waals surface area contributed by atoms with Crippen LogP contribution in [0.5, 0.6) is 0 Å². The number of amides is 1. The van der Waals surface area contributed by atoms with Crippen molar-refractivity contribution >= 4 is 44.9 Å². The third-order valence-corrected chi connectivity index (χ3v) is 7.95. The Morgan fingerprint density at radius 2 is 1.77 bits per heavy atom. The lowest BCUT2D eigenvalue weighted by molar-refractivity contribution is -0.126. The zero-order valence-corrected chi connectivity index (χ0v) is 19.6. The summed E-state index contributed by atoms with van der Waals surface area (Å²) in [5.41, 5.74) is 1.12. The van der Waals surface area contributed by atoms with Gasteiger partial charge in [-0.2, -0.15) is 4.31 Å². The molecule has 2 aromatic rings. The van der Waals surface area contributed by atoms with Crippen LogP contribution in [0.3, 0.4) is 0 Å². The lowest BCUT2D eigenvalue weighted by atomic mass is 9.96. The van der Waals surface area contributed by atoms with Crippen LogP contribution in [0.4, 0.5) is 0 Å². The van der Waals surface area contributed by atoms with Crippen LogP contribution in [0.2, 0.25) is 10.0 Å². The number of rotatable bonds is 6. The van der Waals surface area contributed by atoms with Gasteiger partial charge in [-0.05, 0) is 56.5 Å². The molecule has 1 N–H and O–H groups in total. The monoisotopic (exact) mass is 482 g/mol. The minimum atomic E-state index is -3.72. The molecule has 0 bridgehead atoms. The van der Waals surface area contributed by atoms with Crippen molar-refractivity contribution in [3.8, 4) is 0 Å². The van der Waals surface area contributed by atoms with Crippen molar-refractivity contribution in [3.05, 3.63) is 63.6 Å². The fourth-order valence-corrected chi connectivity index (χ4v) is 5.73. The predicted molar refractivity (Wildman–Crippen MR) is 121 cm³/mol. The Morgan fingerprint density at radius 3 is 2.39 bits per heavy atom. The van der Waals surface area contributed by atoms with Gasteiger partial charge in [0.25, 0.3) is 0 Å². The number of carbonyl (C=O) groups is 2. The van der Waals surface area contributed by atoms with Crippen molar-refractivity contribution in [2.45, 2.75) is 37.6 Å². The molecule has 0 spiro atoms. The first-order chi connectivity index (χ1) is 14.6. The summed E-state index contributed by atoms with van der Waals surface area (Å²) in [4.78, 5) is 24.4. The molecule has 3 rings (SSSR count). The van der Waals surface area contributed by atoms with Crippen LogP contribution in [0, 0.1) is 5.92 Å². The van der Waals surface area contributed by atoms with Gasteiger partial charge in [0, 0.05) is 34.6 Å². The van der Waals surface area contributed by atoms with E-state index in [1.54, 1.807) is 30.3 Å². The Hall–Kier alpha value is -1.93. The van der Waals surface area contributed by atoms with Gasteiger partial charge in [-0.1, -0.05) is 41.4 Å². The number of ketones is 1. The van der Waals surface area contributed by atoms with Crippen molar-refractivity contribution in [2.24, 2.45) is 5.92 Å². The van der Waals surface area contributed by atoms with Crippen LogP contribution >= 0.6 is 23.2 Å². The van der Waals surface area contributed by atoms with E-state index in [-0.39, 0.29) is 41.6 Å². The summed E-state index contributed by atoms with van der Waals surface area (Å²) in [6.07, 6.45) is 0.830. The minimum absolute atomic E-state index is 0.0918. The zero-order valence-electron chi connectivity index (χ0n) is 17.3. The van der Waals surface area contributed by atoms with Gasteiger partial charge in [-0.15, -0.1) is 0 Å². The topological polar surface area (TPSA) is 83.6 Å². The Labute approximate surface area is 192 Å². The Bertz CT molecular complexity index is 1100. The van der Waals surface area contributed by atoms with Gasteiger partial charge in [0.1, 0.15) is 0 Å². The number of nitrogens with zero attached hydrogens (tertiary/aromatic N) is 1. The van der Waals surface area contributed by atoms with Crippen LogP contribution in [0.1, 0.15) is 48.7 Å². The van der Waals surface area contributed by atoms with Gasteiger partial charge in [-0.25, -0.2) is 8.42 Å². The fourth-order valence-electron chi connectivity index (χ4n) is 3.64. The van der Waals surface area contributed by atoms with Crippen LogP contribution in [-0.2, 0) is 14.8 Å². The highest BCUT2D eigenvalue weighted by Crippen LogP contribution is 2.28. The maximum absolute atomic E-state index is 13.0. The van der Waals surface area contributed by atoms with E-state index in [1.165, 1.54) is 23.4 Å².